The molecule has 0 amide bonds. The van der Waals surface area contributed by atoms with Crippen LogP contribution in [0.15, 0.2) is 30.5 Å². The highest BCUT2D eigenvalue weighted by atomic mass is 16.5. The van der Waals surface area contributed by atoms with Crippen LogP contribution in [0.4, 0.5) is 5.69 Å². The molecule has 2 aromatic rings. The van der Waals surface area contributed by atoms with Gasteiger partial charge < -0.3 is 15.4 Å². The van der Waals surface area contributed by atoms with Crippen molar-refractivity contribution in [1.82, 2.24) is 9.88 Å². The second kappa shape index (κ2) is 5.05. The first-order chi connectivity index (χ1) is 8.92. The minimum Gasteiger partial charge on any atom is -0.489 e. The molecular formula is C15H21N3O. The summed E-state index contributed by atoms with van der Waals surface area (Å²) in [5.74, 6) is 0.718. The molecule has 4 heteroatoms. The van der Waals surface area contributed by atoms with Gasteiger partial charge in [-0.15, -0.1) is 0 Å². The van der Waals surface area contributed by atoms with E-state index in [0.717, 1.165) is 16.7 Å². The average Bonchev–Trinajstić information content (AvgIpc) is 2.38. The van der Waals surface area contributed by atoms with Crippen molar-refractivity contribution in [3.63, 3.8) is 0 Å². The van der Waals surface area contributed by atoms with Crippen molar-refractivity contribution in [3.05, 3.63) is 30.5 Å². The van der Waals surface area contributed by atoms with Crippen LogP contribution in [0, 0.1) is 0 Å². The number of pyridine rings is 1. The second-order valence-corrected chi connectivity index (χ2v) is 5.54. The van der Waals surface area contributed by atoms with Crippen molar-refractivity contribution in [2.45, 2.75) is 19.4 Å². The fraction of sp³-hybridized carbons (Fsp3) is 0.400. The molecule has 2 rings (SSSR count). The monoisotopic (exact) mass is 259 g/mol. The number of nitrogen functional groups attached to an aromatic ring is 1. The highest BCUT2D eigenvalue weighted by molar-refractivity contribution is 5.93. The van der Waals surface area contributed by atoms with E-state index in [1.807, 2.05) is 38.4 Å². The summed E-state index contributed by atoms with van der Waals surface area (Å²) in [5.41, 5.74) is 7.64. The number of aromatic nitrogens is 1. The van der Waals surface area contributed by atoms with Crippen molar-refractivity contribution in [1.29, 1.82) is 0 Å². The molecule has 4 nitrogen and oxygen atoms in total. The first kappa shape index (κ1) is 13.6. The molecular weight excluding hydrogens is 238 g/mol. The summed E-state index contributed by atoms with van der Waals surface area (Å²) in [6.45, 7) is 4.84. The molecule has 1 aromatic carbocycles. The number of fused-ring (bicyclic) bond motifs is 1. The number of nitrogens with two attached hydrogens (primary N) is 1. The molecule has 0 spiro atoms. The molecule has 0 bridgehead atoms. The Morgan fingerprint density at radius 1 is 1.26 bits per heavy atom. The minimum absolute atomic E-state index is 0.0453. The number of benzene rings is 1. The van der Waals surface area contributed by atoms with Gasteiger partial charge in [-0.2, -0.15) is 0 Å². The van der Waals surface area contributed by atoms with Gasteiger partial charge in [0.05, 0.1) is 11.2 Å². The zero-order valence-corrected chi connectivity index (χ0v) is 12.0. The lowest BCUT2D eigenvalue weighted by molar-refractivity contribution is 0.114. The van der Waals surface area contributed by atoms with Crippen molar-refractivity contribution in [3.8, 4) is 5.75 Å². The van der Waals surface area contributed by atoms with Crippen LogP contribution in [0.25, 0.3) is 10.9 Å². The Morgan fingerprint density at radius 2 is 2.00 bits per heavy atom. The normalized spacial score (nSPS) is 12.1. The third-order valence-electron chi connectivity index (χ3n) is 3.58. The van der Waals surface area contributed by atoms with Crippen LogP contribution in [0.5, 0.6) is 5.75 Å². The second-order valence-electron chi connectivity index (χ2n) is 5.54. The van der Waals surface area contributed by atoms with E-state index in [4.69, 9.17) is 10.5 Å². The summed E-state index contributed by atoms with van der Waals surface area (Å²) < 4.78 is 5.88. The third-order valence-corrected chi connectivity index (χ3v) is 3.58. The van der Waals surface area contributed by atoms with E-state index in [9.17, 15) is 0 Å². The third kappa shape index (κ3) is 2.79. The average molecular weight is 259 g/mol. The topological polar surface area (TPSA) is 51.4 Å². The minimum atomic E-state index is -0.0453. The maximum absolute atomic E-state index is 6.15. The first-order valence-electron chi connectivity index (χ1n) is 6.35. The highest BCUT2D eigenvalue weighted by Gasteiger charge is 2.21. The molecule has 0 unspecified atom stereocenters. The summed E-state index contributed by atoms with van der Waals surface area (Å²) >= 11 is 0. The molecule has 102 valence electrons. The van der Waals surface area contributed by atoms with Gasteiger partial charge in [-0.25, -0.2) is 0 Å². The van der Waals surface area contributed by atoms with E-state index in [-0.39, 0.29) is 5.54 Å². The number of anilines is 1. The van der Waals surface area contributed by atoms with Crippen LogP contribution in [-0.4, -0.2) is 36.1 Å². The van der Waals surface area contributed by atoms with E-state index in [0.29, 0.717) is 12.3 Å². The summed E-state index contributed by atoms with van der Waals surface area (Å²) in [6.07, 6.45) is 1.76. The summed E-state index contributed by atoms with van der Waals surface area (Å²) in [4.78, 5) is 6.41. The molecule has 0 aliphatic heterocycles. The first-order valence-corrected chi connectivity index (χ1v) is 6.35. The van der Waals surface area contributed by atoms with Gasteiger partial charge in [-0.05, 0) is 52.2 Å². The van der Waals surface area contributed by atoms with Crippen LogP contribution in [0.1, 0.15) is 13.8 Å². The number of nitrogens with zero attached hydrogens (tertiary/aromatic N) is 2. The summed E-state index contributed by atoms with van der Waals surface area (Å²) in [6, 6.07) is 7.66. The van der Waals surface area contributed by atoms with Gasteiger partial charge in [0.1, 0.15) is 12.4 Å². The number of hydrogen-bond acceptors (Lipinski definition) is 4. The number of rotatable bonds is 4. The Kier molecular flexibility index (Phi) is 3.62. The van der Waals surface area contributed by atoms with Crippen LogP contribution in [0.3, 0.4) is 0 Å². The SMILES string of the molecule is CN(C)C(C)(C)COc1ccc2ncccc2c1N. The Balaban J connectivity index is 2.25. The summed E-state index contributed by atoms with van der Waals surface area (Å²) in [7, 11) is 4.08. The Hall–Kier alpha value is -1.81. The van der Waals surface area contributed by atoms with Crippen molar-refractivity contribution < 1.29 is 4.74 Å². The van der Waals surface area contributed by atoms with Gasteiger partial charge in [0.2, 0.25) is 0 Å². The fourth-order valence-electron chi connectivity index (χ4n) is 1.66. The maximum atomic E-state index is 6.15. The number of hydrogen-bond donors (Lipinski definition) is 1. The van der Waals surface area contributed by atoms with Gasteiger partial charge in [0, 0.05) is 17.1 Å². The van der Waals surface area contributed by atoms with Gasteiger partial charge in [-0.3, -0.25) is 4.98 Å². The van der Waals surface area contributed by atoms with Gasteiger partial charge >= 0.3 is 0 Å². The predicted octanol–water partition coefficient (Wildman–Crippen LogP) is 2.54. The van der Waals surface area contributed by atoms with E-state index >= 15 is 0 Å². The highest BCUT2D eigenvalue weighted by Crippen LogP contribution is 2.30. The lowest BCUT2D eigenvalue weighted by atomic mass is 10.1. The lowest BCUT2D eigenvalue weighted by Gasteiger charge is -2.32. The van der Waals surface area contributed by atoms with Gasteiger partial charge in [0.15, 0.2) is 0 Å². The van der Waals surface area contributed by atoms with Crippen LogP contribution >= 0.6 is 0 Å². The molecule has 0 atom stereocenters. The molecule has 1 heterocycles. The summed E-state index contributed by atoms with van der Waals surface area (Å²) in [5, 5.41) is 0.933. The molecule has 0 radical (unpaired) electrons. The Labute approximate surface area is 114 Å². The standard InChI is InChI=1S/C15H21N3O/c1-15(2,18(3)4)10-19-13-8-7-12-11(14(13)16)6-5-9-17-12/h5-9H,10,16H2,1-4H3. The molecule has 0 fully saturated rings. The molecule has 0 saturated heterocycles. The zero-order valence-electron chi connectivity index (χ0n) is 12.0. The zero-order chi connectivity index (χ0) is 14.0. The molecule has 0 aliphatic rings. The Morgan fingerprint density at radius 3 is 2.68 bits per heavy atom. The van der Waals surface area contributed by atoms with E-state index < -0.39 is 0 Å². The molecule has 2 N–H and O–H groups in total. The van der Waals surface area contributed by atoms with Gasteiger partial charge in [-0.1, -0.05) is 0 Å². The molecule has 0 aliphatic carbocycles. The van der Waals surface area contributed by atoms with Crippen molar-refractivity contribution in [2.24, 2.45) is 0 Å². The van der Waals surface area contributed by atoms with Crippen LogP contribution in [-0.2, 0) is 0 Å². The van der Waals surface area contributed by atoms with Crippen LogP contribution < -0.4 is 10.5 Å². The van der Waals surface area contributed by atoms with Gasteiger partial charge in [0.25, 0.3) is 0 Å². The van der Waals surface area contributed by atoms with Crippen LogP contribution in [0.2, 0.25) is 0 Å². The largest absolute Gasteiger partial charge is 0.489 e. The molecule has 19 heavy (non-hydrogen) atoms. The number of likely N-dealkylation sites (N-methyl/N-ethyl adjacent to an activating group) is 1. The predicted molar refractivity (Wildman–Crippen MR) is 79.4 cm³/mol. The van der Waals surface area contributed by atoms with Crippen molar-refractivity contribution >= 4 is 16.6 Å². The smallest absolute Gasteiger partial charge is 0.143 e. The lowest BCUT2D eigenvalue weighted by Crippen LogP contribution is -2.43. The van der Waals surface area contributed by atoms with E-state index in [2.05, 4.69) is 23.7 Å². The molecule has 0 saturated carbocycles. The maximum Gasteiger partial charge on any atom is 0.143 e. The van der Waals surface area contributed by atoms with E-state index in [1.165, 1.54) is 0 Å². The fourth-order valence-corrected chi connectivity index (χ4v) is 1.66. The van der Waals surface area contributed by atoms with E-state index in [1.54, 1.807) is 6.20 Å². The Bertz CT molecular complexity index is 579. The number of ether oxygens (including phenoxy) is 1. The quantitative estimate of drug-likeness (QED) is 0.857. The molecule has 1 aromatic heterocycles. The van der Waals surface area contributed by atoms with Crippen molar-refractivity contribution in [2.75, 3.05) is 26.4 Å².